The minimum atomic E-state index is -4.44. The van der Waals surface area contributed by atoms with Crippen molar-refractivity contribution in [2.24, 2.45) is 0 Å². The Bertz CT molecular complexity index is 910. The van der Waals surface area contributed by atoms with Crippen molar-refractivity contribution in [3.8, 4) is 0 Å². The van der Waals surface area contributed by atoms with Crippen LogP contribution in [0.5, 0.6) is 0 Å². The molecule has 142 valence electrons. The lowest BCUT2D eigenvalue weighted by Crippen LogP contribution is -2.48. The quantitative estimate of drug-likeness (QED) is 0.716. The maximum absolute atomic E-state index is 12.7. The van der Waals surface area contributed by atoms with Crippen LogP contribution in [0, 0.1) is 0 Å². The highest BCUT2D eigenvalue weighted by Crippen LogP contribution is 2.36. The van der Waals surface area contributed by atoms with Gasteiger partial charge in [-0.2, -0.15) is 17.5 Å². The average Bonchev–Trinajstić information content (AvgIpc) is 3.08. The SMILES string of the molecule is O=S(=O)(c1ccc(Cl)c(Cl)c1)N1CCN(c2ncc(C(F)(F)F)s2)CC1. The third kappa shape index (κ3) is 3.94. The maximum Gasteiger partial charge on any atom is 0.427 e. The van der Waals surface area contributed by atoms with Gasteiger partial charge in [0.15, 0.2) is 5.13 Å². The number of hydrogen-bond acceptors (Lipinski definition) is 5. The summed E-state index contributed by atoms with van der Waals surface area (Å²) in [5.74, 6) is 0. The van der Waals surface area contributed by atoms with Crippen LogP contribution in [0.4, 0.5) is 18.3 Å². The second-order valence-electron chi connectivity index (χ2n) is 5.47. The summed E-state index contributed by atoms with van der Waals surface area (Å²) < 4.78 is 64.7. The number of nitrogens with zero attached hydrogens (tertiary/aromatic N) is 3. The van der Waals surface area contributed by atoms with Gasteiger partial charge in [0.25, 0.3) is 0 Å². The van der Waals surface area contributed by atoms with Crippen molar-refractivity contribution in [1.29, 1.82) is 0 Å². The molecule has 1 aromatic heterocycles. The lowest BCUT2D eigenvalue weighted by molar-refractivity contribution is -0.134. The third-order valence-corrected chi connectivity index (χ3v) is 7.55. The zero-order valence-corrected chi connectivity index (χ0v) is 16.1. The lowest BCUT2D eigenvalue weighted by atomic mass is 10.4. The Kier molecular flexibility index (Phi) is 5.42. The van der Waals surface area contributed by atoms with E-state index in [1.54, 1.807) is 4.90 Å². The summed E-state index contributed by atoms with van der Waals surface area (Å²) in [4.78, 5) is 4.68. The molecule has 3 rings (SSSR count). The Balaban J connectivity index is 1.71. The van der Waals surface area contributed by atoms with Crippen molar-refractivity contribution < 1.29 is 21.6 Å². The Hall–Kier alpha value is -1.07. The van der Waals surface area contributed by atoms with Crippen molar-refractivity contribution in [2.45, 2.75) is 11.1 Å². The van der Waals surface area contributed by atoms with Crippen LogP contribution in [0.3, 0.4) is 0 Å². The number of alkyl halides is 3. The molecule has 0 amide bonds. The smallest absolute Gasteiger partial charge is 0.345 e. The van der Waals surface area contributed by atoms with Gasteiger partial charge in [-0.25, -0.2) is 13.4 Å². The Labute approximate surface area is 162 Å². The van der Waals surface area contributed by atoms with Gasteiger partial charge >= 0.3 is 6.18 Å². The molecule has 1 aliphatic heterocycles. The second-order valence-corrected chi connectivity index (χ2v) is 9.23. The minimum absolute atomic E-state index is 0.0222. The molecule has 26 heavy (non-hydrogen) atoms. The highest BCUT2D eigenvalue weighted by molar-refractivity contribution is 7.89. The van der Waals surface area contributed by atoms with E-state index >= 15 is 0 Å². The summed E-state index contributed by atoms with van der Waals surface area (Å²) in [6.07, 6.45) is -3.65. The number of hydrogen-bond donors (Lipinski definition) is 0. The van der Waals surface area contributed by atoms with Gasteiger partial charge in [-0.3, -0.25) is 0 Å². The molecule has 1 aromatic carbocycles. The van der Waals surface area contributed by atoms with Crippen molar-refractivity contribution >= 4 is 49.7 Å². The molecule has 12 heteroatoms. The molecule has 0 unspecified atom stereocenters. The van der Waals surface area contributed by atoms with Gasteiger partial charge in [0, 0.05) is 26.2 Å². The summed E-state index contributed by atoms with van der Waals surface area (Å²) in [6, 6.07) is 4.05. The monoisotopic (exact) mass is 445 g/mol. The second kappa shape index (κ2) is 7.16. The Morgan fingerprint density at radius 1 is 1.08 bits per heavy atom. The molecule has 2 aromatic rings. The first-order chi connectivity index (χ1) is 12.1. The fourth-order valence-electron chi connectivity index (χ4n) is 2.45. The fraction of sp³-hybridized carbons (Fsp3) is 0.357. The van der Waals surface area contributed by atoms with E-state index in [2.05, 4.69) is 4.98 Å². The topological polar surface area (TPSA) is 53.5 Å². The molecular formula is C14H12Cl2F3N3O2S2. The van der Waals surface area contributed by atoms with Crippen LogP contribution >= 0.6 is 34.5 Å². The molecule has 0 bridgehead atoms. The van der Waals surface area contributed by atoms with E-state index in [0.29, 0.717) is 11.3 Å². The number of sulfonamides is 1. The van der Waals surface area contributed by atoms with Gasteiger partial charge in [0.1, 0.15) is 4.88 Å². The third-order valence-electron chi connectivity index (χ3n) is 3.81. The molecule has 1 aliphatic rings. The zero-order chi connectivity index (χ0) is 19.1. The summed E-state index contributed by atoms with van der Waals surface area (Å²) in [7, 11) is -3.76. The average molecular weight is 446 g/mol. The standard InChI is InChI=1S/C14H12Cl2F3N3O2S2/c15-10-2-1-9(7-11(10)16)26(23,24)22-5-3-21(4-6-22)13-20-8-12(25-13)14(17,18)19/h1-2,7-8H,3-6H2. The van der Waals surface area contributed by atoms with Crippen LogP contribution in [0.1, 0.15) is 4.88 Å². The van der Waals surface area contributed by atoms with Crippen LogP contribution in [0.15, 0.2) is 29.3 Å². The van der Waals surface area contributed by atoms with Crippen molar-refractivity contribution in [2.75, 3.05) is 31.1 Å². The van der Waals surface area contributed by atoms with Crippen LogP contribution in [-0.2, 0) is 16.2 Å². The van der Waals surface area contributed by atoms with E-state index < -0.39 is 21.1 Å². The van der Waals surface area contributed by atoms with E-state index in [0.717, 1.165) is 6.20 Å². The molecular weight excluding hydrogens is 434 g/mol. The first-order valence-corrected chi connectivity index (χ1v) is 10.3. The van der Waals surface area contributed by atoms with Gasteiger partial charge < -0.3 is 4.90 Å². The lowest BCUT2D eigenvalue weighted by Gasteiger charge is -2.33. The highest BCUT2D eigenvalue weighted by Gasteiger charge is 2.35. The molecule has 0 radical (unpaired) electrons. The fourth-order valence-corrected chi connectivity index (χ4v) is 5.09. The van der Waals surface area contributed by atoms with Crippen LogP contribution in [0.25, 0.3) is 0 Å². The number of rotatable bonds is 3. The van der Waals surface area contributed by atoms with Crippen LogP contribution in [0.2, 0.25) is 10.0 Å². The zero-order valence-electron chi connectivity index (χ0n) is 13.0. The Morgan fingerprint density at radius 3 is 2.27 bits per heavy atom. The summed E-state index contributed by atoms with van der Waals surface area (Å²) in [5, 5.41) is 0.609. The van der Waals surface area contributed by atoms with Crippen molar-refractivity contribution in [3.05, 3.63) is 39.3 Å². The first kappa shape index (κ1) is 19.7. The van der Waals surface area contributed by atoms with Crippen LogP contribution in [-0.4, -0.2) is 43.9 Å². The summed E-state index contributed by atoms with van der Waals surface area (Å²) in [6.45, 7) is 0.740. The maximum atomic E-state index is 12.7. The van der Waals surface area contributed by atoms with Crippen molar-refractivity contribution in [3.63, 3.8) is 0 Å². The molecule has 2 heterocycles. The predicted molar refractivity (Wildman–Crippen MR) is 94.5 cm³/mol. The molecule has 0 saturated carbocycles. The molecule has 0 atom stereocenters. The Morgan fingerprint density at radius 2 is 1.73 bits per heavy atom. The van der Waals surface area contributed by atoms with E-state index in [1.165, 1.54) is 22.5 Å². The van der Waals surface area contributed by atoms with Gasteiger partial charge in [0.05, 0.1) is 21.1 Å². The highest BCUT2D eigenvalue weighted by atomic mass is 35.5. The normalized spacial score (nSPS) is 16.9. The molecule has 0 N–H and O–H groups in total. The summed E-state index contributed by atoms with van der Waals surface area (Å²) >= 11 is 12.2. The number of thiazole rings is 1. The van der Waals surface area contributed by atoms with Gasteiger partial charge in [-0.15, -0.1) is 0 Å². The number of piperazine rings is 1. The molecule has 0 aliphatic carbocycles. The van der Waals surface area contributed by atoms with Crippen molar-refractivity contribution in [1.82, 2.24) is 9.29 Å². The largest absolute Gasteiger partial charge is 0.427 e. The number of benzene rings is 1. The van der Waals surface area contributed by atoms with E-state index in [9.17, 15) is 21.6 Å². The molecule has 1 saturated heterocycles. The number of aromatic nitrogens is 1. The van der Waals surface area contributed by atoms with E-state index in [-0.39, 0.29) is 46.3 Å². The van der Waals surface area contributed by atoms with Gasteiger partial charge in [-0.1, -0.05) is 34.5 Å². The molecule has 5 nitrogen and oxygen atoms in total. The van der Waals surface area contributed by atoms with E-state index in [1.807, 2.05) is 0 Å². The van der Waals surface area contributed by atoms with E-state index in [4.69, 9.17) is 23.2 Å². The van der Waals surface area contributed by atoms with Gasteiger partial charge in [-0.05, 0) is 18.2 Å². The first-order valence-electron chi connectivity index (χ1n) is 7.32. The minimum Gasteiger partial charge on any atom is -0.345 e. The predicted octanol–water partition coefficient (Wildman–Crippen LogP) is 3.98. The molecule has 1 fully saturated rings. The number of anilines is 1. The van der Waals surface area contributed by atoms with Crippen LogP contribution < -0.4 is 4.90 Å². The molecule has 0 spiro atoms. The van der Waals surface area contributed by atoms with Gasteiger partial charge in [0.2, 0.25) is 10.0 Å². The number of halogens is 5. The summed E-state index contributed by atoms with van der Waals surface area (Å²) in [5.41, 5.74) is 0.